The highest BCUT2D eigenvalue weighted by molar-refractivity contribution is 6.04. The molecular weight excluding hydrogens is 194 g/mol. The summed E-state index contributed by atoms with van der Waals surface area (Å²) in [6.45, 7) is 6.78. The Bertz CT molecular complexity index is 269. The molecule has 1 amide bonds. The van der Waals surface area contributed by atoms with Crippen LogP contribution in [0.4, 0.5) is 0 Å². The number of carboxylic acids is 1. The molecule has 15 heavy (non-hydrogen) atoms. The maximum atomic E-state index is 11.6. The predicted molar refractivity (Wildman–Crippen MR) is 56.3 cm³/mol. The van der Waals surface area contributed by atoms with Crippen molar-refractivity contribution >= 4 is 11.9 Å². The van der Waals surface area contributed by atoms with Crippen molar-refractivity contribution < 1.29 is 14.7 Å². The molecule has 0 aromatic rings. The molecule has 0 aromatic heterocycles. The predicted octanol–water partition coefficient (Wildman–Crippen LogP) is 1.26. The molecule has 0 saturated heterocycles. The van der Waals surface area contributed by atoms with E-state index in [1.165, 1.54) is 0 Å². The number of hydrogen-bond acceptors (Lipinski definition) is 2. The SMILES string of the molecule is CC(C)C(C)CNC(=O)C1(C(=O)O)CC1. The van der Waals surface area contributed by atoms with Crippen LogP contribution in [0.1, 0.15) is 33.6 Å². The first-order chi connectivity index (χ1) is 6.90. The van der Waals surface area contributed by atoms with Gasteiger partial charge in [0.15, 0.2) is 0 Å². The van der Waals surface area contributed by atoms with Gasteiger partial charge in [0.2, 0.25) is 5.91 Å². The van der Waals surface area contributed by atoms with Gasteiger partial charge in [-0.2, -0.15) is 0 Å². The quantitative estimate of drug-likeness (QED) is 0.676. The Morgan fingerprint density at radius 3 is 2.20 bits per heavy atom. The fourth-order valence-electron chi connectivity index (χ4n) is 1.32. The van der Waals surface area contributed by atoms with Crippen molar-refractivity contribution in [2.75, 3.05) is 6.54 Å². The molecule has 1 aliphatic carbocycles. The van der Waals surface area contributed by atoms with Gasteiger partial charge in [0, 0.05) is 6.54 Å². The van der Waals surface area contributed by atoms with Gasteiger partial charge in [0.25, 0.3) is 0 Å². The van der Waals surface area contributed by atoms with Gasteiger partial charge in [-0.1, -0.05) is 20.8 Å². The summed E-state index contributed by atoms with van der Waals surface area (Å²) < 4.78 is 0. The fraction of sp³-hybridized carbons (Fsp3) is 0.818. The molecule has 0 spiro atoms. The average Bonchev–Trinajstić information content (AvgIpc) is 2.93. The van der Waals surface area contributed by atoms with E-state index in [9.17, 15) is 9.59 Å². The zero-order valence-corrected chi connectivity index (χ0v) is 9.54. The van der Waals surface area contributed by atoms with Crippen molar-refractivity contribution in [2.24, 2.45) is 17.3 Å². The van der Waals surface area contributed by atoms with Gasteiger partial charge in [0.1, 0.15) is 5.41 Å². The molecule has 1 unspecified atom stereocenters. The number of amides is 1. The number of carboxylic acid groups (broad SMARTS) is 1. The Labute approximate surface area is 90.0 Å². The van der Waals surface area contributed by atoms with Crippen molar-refractivity contribution in [3.8, 4) is 0 Å². The van der Waals surface area contributed by atoms with Crippen LogP contribution in [0.5, 0.6) is 0 Å². The molecule has 0 bridgehead atoms. The molecule has 4 heteroatoms. The molecule has 1 atom stereocenters. The van der Waals surface area contributed by atoms with Gasteiger partial charge >= 0.3 is 5.97 Å². The average molecular weight is 213 g/mol. The summed E-state index contributed by atoms with van der Waals surface area (Å²) in [6.07, 6.45) is 0.953. The largest absolute Gasteiger partial charge is 0.480 e. The van der Waals surface area contributed by atoms with Crippen LogP contribution in [0.15, 0.2) is 0 Å². The lowest BCUT2D eigenvalue weighted by Crippen LogP contribution is -2.39. The van der Waals surface area contributed by atoms with E-state index in [2.05, 4.69) is 19.2 Å². The first-order valence-corrected chi connectivity index (χ1v) is 5.42. The van der Waals surface area contributed by atoms with E-state index in [-0.39, 0.29) is 5.91 Å². The summed E-state index contributed by atoms with van der Waals surface area (Å²) in [5.74, 6) is -0.441. The minimum Gasteiger partial charge on any atom is -0.480 e. The summed E-state index contributed by atoms with van der Waals surface area (Å²) >= 11 is 0. The number of carbonyl (C=O) groups excluding carboxylic acids is 1. The zero-order chi connectivity index (χ0) is 11.6. The lowest BCUT2D eigenvalue weighted by molar-refractivity contribution is -0.149. The third-order valence-corrected chi connectivity index (χ3v) is 3.32. The van der Waals surface area contributed by atoms with Gasteiger partial charge in [-0.05, 0) is 24.7 Å². The van der Waals surface area contributed by atoms with E-state index < -0.39 is 11.4 Å². The Balaban J connectivity index is 2.41. The van der Waals surface area contributed by atoms with E-state index >= 15 is 0 Å². The summed E-state index contributed by atoms with van der Waals surface area (Å²) in [7, 11) is 0. The second kappa shape index (κ2) is 4.21. The highest BCUT2D eigenvalue weighted by Gasteiger charge is 2.56. The number of aliphatic carboxylic acids is 1. The molecule has 0 radical (unpaired) electrons. The molecule has 0 aromatic carbocycles. The van der Waals surface area contributed by atoms with E-state index in [1.54, 1.807) is 0 Å². The van der Waals surface area contributed by atoms with Crippen LogP contribution < -0.4 is 5.32 Å². The zero-order valence-electron chi connectivity index (χ0n) is 9.54. The van der Waals surface area contributed by atoms with Crippen LogP contribution in [0.2, 0.25) is 0 Å². The normalized spacial score (nSPS) is 19.7. The molecule has 4 nitrogen and oxygen atoms in total. The third-order valence-electron chi connectivity index (χ3n) is 3.32. The highest BCUT2D eigenvalue weighted by atomic mass is 16.4. The van der Waals surface area contributed by atoms with E-state index in [0.29, 0.717) is 31.2 Å². The summed E-state index contributed by atoms with van der Waals surface area (Å²) in [5.41, 5.74) is -1.10. The summed E-state index contributed by atoms with van der Waals surface area (Å²) in [4.78, 5) is 22.4. The third kappa shape index (κ3) is 2.49. The number of hydrogen-bond donors (Lipinski definition) is 2. The van der Waals surface area contributed by atoms with Crippen LogP contribution in [-0.4, -0.2) is 23.5 Å². The minimum atomic E-state index is -1.10. The van der Waals surface area contributed by atoms with Crippen molar-refractivity contribution in [2.45, 2.75) is 33.6 Å². The second-order valence-electron chi connectivity index (χ2n) is 4.82. The fourth-order valence-corrected chi connectivity index (χ4v) is 1.32. The molecule has 0 aliphatic heterocycles. The highest BCUT2D eigenvalue weighted by Crippen LogP contribution is 2.46. The Hall–Kier alpha value is -1.06. The lowest BCUT2D eigenvalue weighted by atomic mass is 9.97. The second-order valence-corrected chi connectivity index (χ2v) is 4.82. The maximum absolute atomic E-state index is 11.6. The monoisotopic (exact) mass is 213 g/mol. The van der Waals surface area contributed by atoms with Gasteiger partial charge in [-0.15, -0.1) is 0 Å². The molecule has 0 heterocycles. The van der Waals surface area contributed by atoms with Crippen LogP contribution in [-0.2, 0) is 9.59 Å². The molecule has 1 rings (SSSR count). The van der Waals surface area contributed by atoms with Crippen molar-refractivity contribution in [1.29, 1.82) is 0 Å². The van der Waals surface area contributed by atoms with Crippen LogP contribution in [0.25, 0.3) is 0 Å². The summed E-state index contributed by atoms with van der Waals surface area (Å²) in [6, 6.07) is 0. The van der Waals surface area contributed by atoms with Crippen molar-refractivity contribution in [1.82, 2.24) is 5.32 Å². The number of rotatable bonds is 5. The standard InChI is InChI=1S/C11H19NO3/c1-7(2)8(3)6-12-9(13)11(4-5-11)10(14)15/h7-8H,4-6H2,1-3H3,(H,12,13)(H,14,15). The molecule has 1 aliphatic rings. The van der Waals surface area contributed by atoms with E-state index in [1.807, 2.05) is 6.92 Å². The first-order valence-electron chi connectivity index (χ1n) is 5.42. The van der Waals surface area contributed by atoms with Gasteiger partial charge < -0.3 is 10.4 Å². The minimum absolute atomic E-state index is 0.317. The Kier molecular flexibility index (Phi) is 3.37. The van der Waals surface area contributed by atoms with Crippen molar-refractivity contribution in [3.63, 3.8) is 0 Å². The van der Waals surface area contributed by atoms with E-state index in [4.69, 9.17) is 5.11 Å². The van der Waals surface area contributed by atoms with E-state index in [0.717, 1.165) is 0 Å². The molecule has 1 fully saturated rings. The van der Waals surface area contributed by atoms with Crippen LogP contribution >= 0.6 is 0 Å². The van der Waals surface area contributed by atoms with Gasteiger partial charge in [0.05, 0.1) is 0 Å². The molecule has 1 saturated carbocycles. The summed E-state index contributed by atoms with van der Waals surface area (Å²) in [5, 5.41) is 11.6. The van der Waals surface area contributed by atoms with Crippen LogP contribution in [0.3, 0.4) is 0 Å². The Morgan fingerprint density at radius 1 is 1.33 bits per heavy atom. The number of carbonyl (C=O) groups is 2. The molecule has 86 valence electrons. The van der Waals surface area contributed by atoms with Crippen LogP contribution in [0, 0.1) is 17.3 Å². The van der Waals surface area contributed by atoms with Crippen molar-refractivity contribution in [3.05, 3.63) is 0 Å². The van der Waals surface area contributed by atoms with Gasteiger partial charge in [-0.3, -0.25) is 9.59 Å². The topological polar surface area (TPSA) is 66.4 Å². The first kappa shape index (κ1) is 12.0. The molecular formula is C11H19NO3. The van der Waals surface area contributed by atoms with Gasteiger partial charge in [-0.25, -0.2) is 0 Å². The lowest BCUT2D eigenvalue weighted by Gasteiger charge is -2.17. The number of nitrogens with one attached hydrogen (secondary N) is 1. The molecule has 2 N–H and O–H groups in total. The Morgan fingerprint density at radius 2 is 1.87 bits per heavy atom. The maximum Gasteiger partial charge on any atom is 0.319 e. The smallest absolute Gasteiger partial charge is 0.319 e.